The number of nitrogens with one attached hydrogen (secondary N) is 2. The molecule has 0 aliphatic carbocycles. The second-order valence-electron chi connectivity index (χ2n) is 8.53. The van der Waals surface area contributed by atoms with Crippen molar-refractivity contribution in [1.82, 2.24) is 20.4 Å². The quantitative estimate of drug-likeness (QED) is 0.320. The number of rotatable bonds is 5. The molecule has 2 aliphatic heterocycles. The first-order valence-electron chi connectivity index (χ1n) is 9.98. The van der Waals surface area contributed by atoms with Crippen LogP contribution in [0.15, 0.2) is 4.99 Å². The van der Waals surface area contributed by atoms with Crippen LogP contribution in [0.2, 0.25) is 0 Å². The van der Waals surface area contributed by atoms with Gasteiger partial charge in [0.25, 0.3) is 0 Å². The highest BCUT2D eigenvalue weighted by Crippen LogP contribution is 2.15. The van der Waals surface area contributed by atoms with Gasteiger partial charge in [-0.25, -0.2) is 9.79 Å². The molecule has 0 aromatic rings. The molecule has 2 saturated heterocycles. The Hall–Kier alpha value is -1.30. The number of likely N-dealkylation sites (N-methyl/N-ethyl adjacent to an activating group) is 1. The van der Waals surface area contributed by atoms with Crippen LogP contribution in [0.3, 0.4) is 0 Å². The van der Waals surface area contributed by atoms with Crippen LogP contribution in [0, 0.1) is 0 Å². The molecule has 168 valence electrons. The summed E-state index contributed by atoms with van der Waals surface area (Å²) in [5.74, 6) is 0.502. The van der Waals surface area contributed by atoms with E-state index in [-0.39, 0.29) is 54.7 Å². The topological polar surface area (TPSA) is 95.5 Å². The minimum atomic E-state index is -0.509. The van der Waals surface area contributed by atoms with Gasteiger partial charge >= 0.3 is 6.09 Å². The molecule has 29 heavy (non-hydrogen) atoms. The number of hydrogen-bond acceptors (Lipinski definition) is 5. The number of halogens is 1. The molecule has 0 aromatic carbocycles. The highest BCUT2D eigenvalue weighted by Gasteiger charge is 2.30. The van der Waals surface area contributed by atoms with E-state index in [1.54, 1.807) is 19.0 Å². The van der Waals surface area contributed by atoms with E-state index in [1.807, 2.05) is 20.8 Å². The Morgan fingerprint density at radius 3 is 2.59 bits per heavy atom. The number of hydrogen-bond donors (Lipinski definition) is 2. The molecule has 2 aliphatic rings. The Morgan fingerprint density at radius 2 is 2.00 bits per heavy atom. The molecular weight excluding hydrogens is 489 g/mol. The van der Waals surface area contributed by atoms with Gasteiger partial charge in [-0.15, -0.1) is 24.0 Å². The number of carbonyl (C=O) groups is 2. The molecule has 2 N–H and O–H groups in total. The highest BCUT2D eigenvalue weighted by atomic mass is 127. The van der Waals surface area contributed by atoms with E-state index in [4.69, 9.17) is 9.47 Å². The van der Waals surface area contributed by atoms with E-state index < -0.39 is 5.60 Å². The second kappa shape index (κ2) is 11.8. The molecule has 0 aromatic heterocycles. The van der Waals surface area contributed by atoms with Crippen molar-refractivity contribution >= 4 is 41.9 Å². The summed E-state index contributed by atoms with van der Waals surface area (Å²) >= 11 is 0. The fraction of sp³-hybridized carbons (Fsp3) is 0.842. The number of aliphatic imine (C=N–C) groups is 1. The maximum atomic E-state index is 12.2. The molecule has 2 amide bonds. The summed E-state index contributed by atoms with van der Waals surface area (Å²) in [5, 5.41) is 6.62. The van der Waals surface area contributed by atoms with E-state index in [9.17, 15) is 9.59 Å². The molecule has 2 rings (SSSR count). The van der Waals surface area contributed by atoms with Gasteiger partial charge in [0.1, 0.15) is 12.1 Å². The van der Waals surface area contributed by atoms with E-state index in [0.29, 0.717) is 25.6 Å². The molecule has 2 fully saturated rings. The summed E-state index contributed by atoms with van der Waals surface area (Å²) in [4.78, 5) is 31.8. The third-order valence-electron chi connectivity index (χ3n) is 4.57. The second-order valence-corrected chi connectivity index (χ2v) is 8.53. The molecule has 0 saturated carbocycles. The predicted molar refractivity (Wildman–Crippen MR) is 123 cm³/mol. The molecule has 0 spiro atoms. The lowest BCUT2D eigenvalue weighted by molar-refractivity contribution is -0.127. The lowest BCUT2D eigenvalue weighted by atomic mass is 10.2. The van der Waals surface area contributed by atoms with E-state index in [1.165, 1.54) is 4.90 Å². The maximum absolute atomic E-state index is 12.2. The fourth-order valence-corrected chi connectivity index (χ4v) is 3.02. The summed E-state index contributed by atoms with van der Waals surface area (Å²) < 4.78 is 11.1. The Bertz CT molecular complexity index is 573. The van der Waals surface area contributed by atoms with E-state index >= 15 is 0 Å². The first-order chi connectivity index (χ1) is 13.1. The first-order valence-corrected chi connectivity index (χ1v) is 9.98. The van der Waals surface area contributed by atoms with Crippen LogP contribution in [0.1, 0.15) is 40.0 Å². The Morgan fingerprint density at radius 1 is 1.28 bits per heavy atom. The van der Waals surface area contributed by atoms with Crippen LogP contribution in [0.5, 0.6) is 0 Å². The fourth-order valence-electron chi connectivity index (χ4n) is 3.02. The zero-order chi connectivity index (χ0) is 20.7. The van der Waals surface area contributed by atoms with Crippen LogP contribution in [0.25, 0.3) is 0 Å². The normalized spacial score (nSPS) is 22.1. The van der Waals surface area contributed by atoms with Gasteiger partial charge in [0.05, 0.1) is 6.10 Å². The SMILES string of the molecule is CN(C)C(=O)CN=C(NCC1CCCO1)NC1CCN(C(=O)OC(C)(C)C)C1.I. The van der Waals surface area contributed by atoms with Crippen molar-refractivity contribution in [2.45, 2.75) is 57.8 Å². The number of amides is 2. The molecule has 9 nitrogen and oxygen atoms in total. The van der Waals surface area contributed by atoms with Gasteiger partial charge in [0.2, 0.25) is 5.91 Å². The number of ether oxygens (including phenoxy) is 2. The standard InChI is InChI=1S/C19H35N5O4.HI/c1-19(2,3)28-18(26)24-9-8-14(13-24)22-17(21-12-16(25)23(4)5)20-11-15-7-6-10-27-15;/h14-15H,6-13H2,1-5H3,(H2,20,21,22);1H. The van der Waals surface area contributed by atoms with Crippen molar-refractivity contribution in [3.8, 4) is 0 Å². The number of guanidine groups is 1. The smallest absolute Gasteiger partial charge is 0.410 e. The Kier molecular flexibility index (Phi) is 10.4. The number of likely N-dealkylation sites (tertiary alicyclic amines) is 1. The van der Waals surface area contributed by atoms with Crippen molar-refractivity contribution in [1.29, 1.82) is 0 Å². The van der Waals surface area contributed by atoms with Crippen LogP contribution in [0.4, 0.5) is 4.79 Å². The lowest BCUT2D eigenvalue weighted by Gasteiger charge is -2.24. The average molecular weight is 525 g/mol. The third-order valence-corrected chi connectivity index (χ3v) is 4.57. The maximum Gasteiger partial charge on any atom is 0.410 e. The molecule has 2 atom stereocenters. The minimum absolute atomic E-state index is 0. The third kappa shape index (κ3) is 9.37. The summed E-state index contributed by atoms with van der Waals surface area (Å²) in [5.41, 5.74) is -0.509. The van der Waals surface area contributed by atoms with Crippen molar-refractivity contribution in [3.63, 3.8) is 0 Å². The van der Waals surface area contributed by atoms with Gasteiger partial charge in [-0.3, -0.25) is 4.79 Å². The van der Waals surface area contributed by atoms with Crippen LogP contribution in [-0.4, -0.2) is 92.4 Å². The zero-order valence-corrected chi connectivity index (χ0v) is 20.5. The summed E-state index contributed by atoms with van der Waals surface area (Å²) in [6.07, 6.45) is 2.75. The van der Waals surface area contributed by atoms with Crippen molar-refractivity contribution < 1.29 is 19.1 Å². The van der Waals surface area contributed by atoms with Gasteiger partial charge in [-0.1, -0.05) is 0 Å². The first kappa shape index (κ1) is 25.7. The molecule has 0 bridgehead atoms. The zero-order valence-electron chi connectivity index (χ0n) is 18.2. The summed E-state index contributed by atoms with van der Waals surface area (Å²) in [6, 6.07) is 0.0534. The largest absolute Gasteiger partial charge is 0.444 e. The van der Waals surface area contributed by atoms with Gasteiger partial charge in [-0.05, 0) is 40.0 Å². The monoisotopic (exact) mass is 525 g/mol. The van der Waals surface area contributed by atoms with Crippen molar-refractivity contribution in [3.05, 3.63) is 0 Å². The van der Waals surface area contributed by atoms with Gasteiger partial charge in [-0.2, -0.15) is 0 Å². The van der Waals surface area contributed by atoms with Crippen LogP contribution < -0.4 is 10.6 Å². The Labute approximate surface area is 191 Å². The van der Waals surface area contributed by atoms with Gasteiger partial charge in [0.15, 0.2) is 5.96 Å². The van der Waals surface area contributed by atoms with Gasteiger partial charge < -0.3 is 29.9 Å². The molecule has 2 heterocycles. The van der Waals surface area contributed by atoms with Crippen LogP contribution in [-0.2, 0) is 14.3 Å². The van der Waals surface area contributed by atoms with Crippen molar-refractivity contribution in [2.24, 2.45) is 4.99 Å². The number of nitrogens with zero attached hydrogens (tertiary/aromatic N) is 3. The van der Waals surface area contributed by atoms with Crippen LogP contribution >= 0.6 is 24.0 Å². The highest BCUT2D eigenvalue weighted by molar-refractivity contribution is 14.0. The molecule has 0 radical (unpaired) electrons. The predicted octanol–water partition coefficient (Wildman–Crippen LogP) is 1.42. The lowest BCUT2D eigenvalue weighted by Crippen LogP contribution is -2.47. The molecule has 2 unspecified atom stereocenters. The minimum Gasteiger partial charge on any atom is -0.444 e. The molecule has 10 heteroatoms. The van der Waals surface area contributed by atoms with E-state index in [0.717, 1.165) is 25.9 Å². The molecular formula is C19H36IN5O4. The van der Waals surface area contributed by atoms with Gasteiger partial charge in [0, 0.05) is 46.4 Å². The van der Waals surface area contributed by atoms with Crippen molar-refractivity contribution in [2.75, 3.05) is 46.9 Å². The average Bonchev–Trinajstić information content (AvgIpc) is 3.27. The summed E-state index contributed by atoms with van der Waals surface area (Å²) in [6.45, 7) is 8.24. The summed E-state index contributed by atoms with van der Waals surface area (Å²) in [7, 11) is 3.42. The Balaban J connectivity index is 0.00000420. The number of carbonyl (C=O) groups excluding carboxylic acids is 2. The van der Waals surface area contributed by atoms with E-state index in [2.05, 4.69) is 15.6 Å².